The number of thioether (sulfide) groups is 1. The molecule has 0 spiro atoms. The molecule has 1 aromatic heterocycles. The molecule has 1 aromatic rings. The zero-order chi connectivity index (χ0) is 14.4. The van der Waals surface area contributed by atoms with Gasteiger partial charge < -0.3 is 5.32 Å². The van der Waals surface area contributed by atoms with Crippen LogP contribution in [0, 0.1) is 25.2 Å². The number of carbonyl (C=O) groups is 2. The second kappa shape index (κ2) is 6.75. The highest BCUT2D eigenvalue weighted by molar-refractivity contribution is 8.00. The van der Waals surface area contributed by atoms with Crippen LogP contribution in [0.3, 0.4) is 0 Å². The minimum Gasteiger partial charge on any atom is -0.341 e. The molecule has 100 valence electrons. The van der Waals surface area contributed by atoms with Gasteiger partial charge in [0.2, 0.25) is 5.91 Å². The van der Waals surface area contributed by atoms with E-state index in [-0.39, 0.29) is 5.75 Å². The number of hydrogen-bond donors (Lipinski definition) is 2. The van der Waals surface area contributed by atoms with Gasteiger partial charge in [0.1, 0.15) is 11.1 Å². The number of carbonyl (C=O) groups excluding carboxylic acids is 2. The van der Waals surface area contributed by atoms with Crippen molar-refractivity contribution >= 4 is 23.7 Å². The van der Waals surface area contributed by atoms with E-state index in [9.17, 15) is 9.59 Å². The Labute approximate surface area is 115 Å². The van der Waals surface area contributed by atoms with Crippen LogP contribution in [-0.4, -0.2) is 29.7 Å². The van der Waals surface area contributed by atoms with Crippen molar-refractivity contribution in [3.05, 3.63) is 22.9 Å². The summed E-state index contributed by atoms with van der Waals surface area (Å²) >= 11 is 1.13. The third kappa shape index (κ3) is 4.26. The van der Waals surface area contributed by atoms with Crippen LogP contribution < -0.4 is 10.6 Å². The summed E-state index contributed by atoms with van der Waals surface area (Å²) in [6.45, 7) is 3.64. The molecule has 0 bridgehead atoms. The Kier molecular flexibility index (Phi) is 5.33. The van der Waals surface area contributed by atoms with Gasteiger partial charge in [-0.3, -0.25) is 10.1 Å². The molecule has 1 heterocycles. The van der Waals surface area contributed by atoms with E-state index < -0.39 is 11.9 Å². The molecule has 6 nitrogen and oxygen atoms in total. The number of pyridine rings is 1. The minimum absolute atomic E-state index is 0.0258. The van der Waals surface area contributed by atoms with Crippen molar-refractivity contribution in [2.45, 2.75) is 18.9 Å². The van der Waals surface area contributed by atoms with Crippen molar-refractivity contribution in [1.29, 1.82) is 5.26 Å². The average molecular weight is 278 g/mol. The van der Waals surface area contributed by atoms with Gasteiger partial charge in [-0.2, -0.15) is 5.26 Å². The summed E-state index contributed by atoms with van der Waals surface area (Å²) in [6, 6.07) is 3.33. The summed E-state index contributed by atoms with van der Waals surface area (Å²) in [5.74, 6) is -0.410. The van der Waals surface area contributed by atoms with E-state index in [4.69, 9.17) is 5.26 Å². The summed E-state index contributed by atoms with van der Waals surface area (Å²) in [7, 11) is 1.43. The number of nitriles is 1. The SMILES string of the molecule is CNC(=O)NC(=O)CSc1nc(C)cc(C)c1C#N. The highest BCUT2D eigenvalue weighted by Gasteiger charge is 2.12. The fourth-order valence-corrected chi connectivity index (χ4v) is 2.30. The molecule has 7 heteroatoms. The third-order valence-corrected chi connectivity index (χ3v) is 3.22. The number of nitrogens with zero attached hydrogens (tertiary/aromatic N) is 2. The minimum atomic E-state index is -0.556. The molecule has 0 aromatic carbocycles. The molecule has 0 saturated carbocycles. The van der Waals surface area contributed by atoms with Crippen molar-refractivity contribution in [3.8, 4) is 6.07 Å². The summed E-state index contributed by atoms with van der Waals surface area (Å²) in [5.41, 5.74) is 2.07. The maximum absolute atomic E-state index is 11.5. The van der Waals surface area contributed by atoms with Gasteiger partial charge in [-0.1, -0.05) is 11.8 Å². The lowest BCUT2D eigenvalue weighted by molar-refractivity contribution is -0.117. The zero-order valence-corrected chi connectivity index (χ0v) is 11.7. The number of aryl methyl sites for hydroxylation is 2. The van der Waals surface area contributed by atoms with Gasteiger partial charge in [0.15, 0.2) is 0 Å². The van der Waals surface area contributed by atoms with Crippen LogP contribution in [0.5, 0.6) is 0 Å². The molecule has 1 rings (SSSR count). The normalized spacial score (nSPS) is 9.58. The van der Waals surface area contributed by atoms with Gasteiger partial charge in [0, 0.05) is 12.7 Å². The number of amides is 3. The van der Waals surface area contributed by atoms with Gasteiger partial charge in [-0.15, -0.1) is 0 Å². The van der Waals surface area contributed by atoms with Crippen LogP contribution in [0.25, 0.3) is 0 Å². The predicted octanol–water partition coefficient (Wildman–Crippen LogP) is 1.12. The highest BCUT2D eigenvalue weighted by Crippen LogP contribution is 2.23. The number of aromatic nitrogens is 1. The molecule has 3 amide bonds. The average Bonchev–Trinajstić information content (AvgIpc) is 2.35. The van der Waals surface area contributed by atoms with Crippen LogP contribution in [0.15, 0.2) is 11.1 Å². The first-order chi connectivity index (χ1) is 8.97. The van der Waals surface area contributed by atoms with Crippen molar-refractivity contribution in [3.63, 3.8) is 0 Å². The van der Waals surface area contributed by atoms with E-state index in [1.54, 1.807) is 0 Å². The van der Waals surface area contributed by atoms with E-state index in [1.807, 2.05) is 19.9 Å². The maximum atomic E-state index is 11.5. The Morgan fingerprint density at radius 1 is 1.47 bits per heavy atom. The highest BCUT2D eigenvalue weighted by atomic mass is 32.2. The Morgan fingerprint density at radius 2 is 2.16 bits per heavy atom. The molecule has 0 aliphatic heterocycles. The monoisotopic (exact) mass is 278 g/mol. The van der Waals surface area contributed by atoms with E-state index in [1.165, 1.54) is 7.05 Å². The fraction of sp³-hybridized carbons (Fsp3) is 0.333. The van der Waals surface area contributed by atoms with Crippen LogP contribution in [-0.2, 0) is 4.79 Å². The standard InChI is InChI=1S/C12H14N4O2S/c1-7-4-8(2)15-11(9(7)5-13)19-6-10(17)16-12(18)14-3/h4H,6H2,1-3H3,(H2,14,16,17,18). The molecule has 0 unspecified atom stereocenters. The number of urea groups is 1. The van der Waals surface area contributed by atoms with Gasteiger partial charge >= 0.3 is 6.03 Å². The smallest absolute Gasteiger partial charge is 0.321 e. The summed E-state index contributed by atoms with van der Waals surface area (Å²) < 4.78 is 0. The first-order valence-corrected chi connectivity index (χ1v) is 6.49. The predicted molar refractivity (Wildman–Crippen MR) is 71.7 cm³/mol. The Morgan fingerprint density at radius 3 is 2.74 bits per heavy atom. The first kappa shape index (κ1) is 15.0. The maximum Gasteiger partial charge on any atom is 0.321 e. The molecule has 19 heavy (non-hydrogen) atoms. The molecule has 0 aliphatic carbocycles. The molecule has 0 aliphatic rings. The Bertz CT molecular complexity index is 551. The van der Waals surface area contributed by atoms with Crippen LogP contribution in [0.4, 0.5) is 4.79 Å². The summed E-state index contributed by atoms with van der Waals surface area (Å²) in [4.78, 5) is 26.6. The van der Waals surface area contributed by atoms with Gasteiger partial charge in [-0.25, -0.2) is 9.78 Å². The quantitative estimate of drug-likeness (QED) is 0.808. The van der Waals surface area contributed by atoms with Crippen molar-refractivity contribution in [2.75, 3.05) is 12.8 Å². The molecule has 0 saturated heterocycles. The van der Waals surface area contributed by atoms with Gasteiger partial charge in [0.05, 0.1) is 11.3 Å². The number of hydrogen-bond acceptors (Lipinski definition) is 5. The lowest BCUT2D eigenvalue weighted by atomic mass is 10.1. The molecule has 2 N–H and O–H groups in total. The largest absolute Gasteiger partial charge is 0.341 e. The van der Waals surface area contributed by atoms with E-state index in [2.05, 4.69) is 21.7 Å². The first-order valence-electron chi connectivity index (χ1n) is 5.50. The fourth-order valence-electron chi connectivity index (χ4n) is 1.40. The topological polar surface area (TPSA) is 94.9 Å². The van der Waals surface area contributed by atoms with Gasteiger partial charge in [0.25, 0.3) is 0 Å². The van der Waals surface area contributed by atoms with Crippen molar-refractivity contribution < 1.29 is 9.59 Å². The molecular formula is C12H14N4O2S. The second-order valence-corrected chi connectivity index (χ2v) is 4.75. The van der Waals surface area contributed by atoms with Gasteiger partial charge in [-0.05, 0) is 25.5 Å². The van der Waals surface area contributed by atoms with Crippen LogP contribution in [0.1, 0.15) is 16.8 Å². The molecule has 0 atom stereocenters. The number of imide groups is 1. The second-order valence-electron chi connectivity index (χ2n) is 3.79. The molecule has 0 radical (unpaired) electrons. The van der Waals surface area contributed by atoms with E-state index >= 15 is 0 Å². The van der Waals surface area contributed by atoms with E-state index in [0.29, 0.717) is 10.6 Å². The summed E-state index contributed by atoms with van der Waals surface area (Å²) in [5, 5.41) is 14.0. The Hall–Kier alpha value is -2.07. The van der Waals surface area contributed by atoms with Crippen LogP contribution >= 0.6 is 11.8 Å². The molecule has 0 fully saturated rings. The number of rotatable bonds is 3. The Balaban J connectivity index is 2.76. The van der Waals surface area contributed by atoms with Crippen molar-refractivity contribution in [2.24, 2.45) is 0 Å². The van der Waals surface area contributed by atoms with E-state index in [0.717, 1.165) is 23.0 Å². The molecular weight excluding hydrogens is 264 g/mol. The van der Waals surface area contributed by atoms with Crippen molar-refractivity contribution in [1.82, 2.24) is 15.6 Å². The van der Waals surface area contributed by atoms with Crippen LogP contribution in [0.2, 0.25) is 0 Å². The lowest BCUT2D eigenvalue weighted by Gasteiger charge is -2.07. The lowest BCUT2D eigenvalue weighted by Crippen LogP contribution is -2.38. The zero-order valence-electron chi connectivity index (χ0n) is 10.9. The third-order valence-electron chi connectivity index (χ3n) is 2.24. The summed E-state index contributed by atoms with van der Waals surface area (Å²) in [6.07, 6.45) is 0. The number of nitrogens with one attached hydrogen (secondary N) is 2.